The van der Waals surface area contributed by atoms with Crippen molar-refractivity contribution in [1.82, 2.24) is 9.97 Å². The first-order chi connectivity index (χ1) is 7.40. The Labute approximate surface area is 86.0 Å². The normalized spacial score (nSPS) is 10.6. The molecule has 1 aromatic carbocycles. The van der Waals surface area contributed by atoms with Gasteiger partial charge in [-0.15, -0.1) is 0 Å². The van der Waals surface area contributed by atoms with Crippen LogP contribution in [-0.2, 0) is 0 Å². The molecule has 2 aromatic heterocycles. The van der Waals surface area contributed by atoms with E-state index in [2.05, 4.69) is 16.0 Å². The van der Waals surface area contributed by atoms with Gasteiger partial charge in [0.1, 0.15) is 5.65 Å². The minimum absolute atomic E-state index is 0.687. The van der Waals surface area contributed by atoms with Crippen molar-refractivity contribution >= 4 is 21.9 Å². The Morgan fingerprint density at radius 2 is 2.13 bits per heavy atom. The molecular weight excluding hydrogens is 186 g/mol. The predicted octanol–water partition coefficient (Wildman–Crippen LogP) is 2.59. The van der Waals surface area contributed by atoms with Crippen molar-refractivity contribution in [2.75, 3.05) is 0 Å². The molecule has 15 heavy (non-hydrogen) atoms. The second-order valence-corrected chi connectivity index (χ2v) is 3.36. The summed E-state index contributed by atoms with van der Waals surface area (Å²) in [5, 5.41) is 11.0. The fourth-order valence-corrected chi connectivity index (χ4v) is 1.87. The number of nitriles is 1. The highest BCUT2D eigenvalue weighted by Crippen LogP contribution is 2.26. The van der Waals surface area contributed by atoms with E-state index in [0.29, 0.717) is 5.56 Å². The van der Waals surface area contributed by atoms with Crippen LogP contribution in [0.5, 0.6) is 0 Å². The van der Waals surface area contributed by atoms with E-state index in [-0.39, 0.29) is 0 Å². The lowest BCUT2D eigenvalue weighted by Gasteiger charge is -1.92. The van der Waals surface area contributed by atoms with Crippen LogP contribution in [0.25, 0.3) is 21.9 Å². The third-order valence-corrected chi connectivity index (χ3v) is 2.52. The Bertz CT molecular complexity index is 689. The SMILES string of the molecule is N#Cc1cccc2[nH]c3ncccc3c12. The maximum atomic E-state index is 9.03. The molecule has 2 heterocycles. The van der Waals surface area contributed by atoms with Crippen LogP contribution >= 0.6 is 0 Å². The molecule has 3 rings (SSSR count). The van der Waals surface area contributed by atoms with Crippen LogP contribution in [0.2, 0.25) is 0 Å². The van der Waals surface area contributed by atoms with Gasteiger partial charge in [-0.2, -0.15) is 5.26 Å². The molecule has 0 radical (unpaired) electrons. The Kier molecular flexibility index (Phi) is 1.51. The Hall–Kier alpha value is -2.34. The summed E-state index contributed by atoms with van der Waals surface area (Å²) in [6.07, 6.45) is 1.74. The monoisotopic (exact) mass is 193 g/mol. The molecule has 3 aromatic rings. The molecule has 0 saturated carbocycles. The van der Waals surface area contributed by atoms with Gasteiger partial charge in [-0.05, 0) is 24.3 Å². The molecule has 0 aliphatic carbocycles. The zero-order valence-corrected chi connectivity index (χ0v) is 7.86. The number of rotatable bonds is 0. The maximum absolute atomic E-state index is 9.03. The summed E-state index contributed by atoms with van der Waals surface area (Å²) in [6, 6.07) is 11.7. The second-order valence-electron chi connectivity index (χ2n) is 3.36. The van der Waals surface area contributed by atoms with Gasteiger partial charge in [-0.1, -0.05) is 6.07 Å². The van der Waals surface area contributed by atoms with Gasteiger partial charge in [0.15, 0.2) is 0 Å². The quantitative estimate of drug-likeness (QED) is 0.596. The number of hydrogen-bond donors (Lipinski definition) is 1. The van der Waals surface area contributed by atoms with Crippen molar-refractivity contribution in [3.63, 3.8) is 0 Å². The zero-order valence-electron chi connectivity index (χ0n) is 7.86. The van der Waals surface area contributed by atoms with Crippen LogP contribution < -0.4 is 0 Å². The van der Waals surface area contributed by atoms with Crippen molar-refractivity contribution in [2.24, 2.45) is 0 Å². The first kappa shape index (κ1) is 8.01. The van der Waals surface area contributed by atoms with Crippen molar-refractivity contribution in [3.8, 4) is 6.07 Å². The fraction of sp³-hybridized carbons (Fsp3) is 0. The van der Waals surface area contributed by atoms with Crippen LogP contribution in [-0.4, -0.2) is 9.97 Å². The molecule has 0 aliphatic heterocycles. The van der Waals surface area contributed by atoms with Crippen molar-refractivity contribution < 1.29 is 0 Å². The summed E-state index contributed by atoms with van der Waals surface area (Å²) >= 11 is 0. The number of benzene rings is 1. The van der Waals surface area contributed by atoms with Crippen LogP contribution in [0, 0.1) is 11.3 Å². The number of nitrogens with one attached hydrogen (secondary N) is 1. The van der Waals surface area contributed by atoms with Crippen LogP contribution in [0.4, 0.5) is 0 Å². The van der Waals surface area contributed by atoms with Crippen molar-refractivity contribution in [3.05, 3.63) is 42.1 Å². The summed E-state index contributed by atoms with van der Waals surface area (Å²) in [4.78, 5) is 7.42. The molecule has 0 unspecified atom stereocenters. The molecule has 70 valence electrons. The molecular formula is C12H7N3. The highest BCUT2D eigenvalue weighted by molar-refractivity contribution is 6.08. The number of pyridine rings is 1. The van der Waals surface area contributed by atoms with Gasteiger partial charge in [0.2, 0.25) is 0 Å². The Balaban J connectivity index is 2.64. The van der Waals surface area contributed by atoms with E-state index in [1.54, 1.807) is 6.20 Å². The largest absolute Gasteiger partial charge is 0.339 e. The molecule has 0 spiro atoms. The summed E-state index contributed by atoms with van der Waals surface area (Å²) in [7, 11) is 0. The number of hydrogen-bond acceptors (Lipinski definition) is 2. The average Bonchev–Trinajstić information content (AvgIpc) is 2.67. The third-order valence-electron chi connectivity index (χ3n) is 2.52. The number of aromatic nitrogens is 2. The minimum atomic E-state index is 0.687. The molecule has 0 bridgehead atoms. The van der Waals surface area contributed by atoms with Gasteiger partial charge in [0, 0.05) is 22.5 Å². The lowest BCUT2D eigenvalue weighted by atomic mass is 10.1. The van der Waals surface area contributed by atoms with E-state index in [1.807, 2.05) is 30.3 Å². The number of fused-ring (bicyclic) bond motifs is 3. The molecule has 3 heteroatoms. The minimum Gasteiger partial charge on any atom is -0.339 e. The Morgan fingerprint density at radius 1 is 1.20 bits per heavy atom. The first-order valence-corrected chi connectivity index (χ1v) is 4.65. The van der Waals surface area contributed by atoms with E-state index < -0.39 is 0 Å². The summed E-state index contributed by atoms with van der Waals surface area (Å²) < 4.78 is 0. The van der Waals surface area contributed by atoms with Gasteiger partial charge in [0.25, 0.3) is 0 Å². The average molecular weight is 193 g/mol. The topological polar surface area (TPSA) is 52.5 Å². The molecule has 0 atom stereocenters. The van der Waals surface area contributed by atoms with Crippen LogP contribution in [0.1, 0.15) is 5.56 Å². The lowest BCUT2D eigenvalue weighted by molar-refractivity contribution is 1.35. The van der Waals surface area contributed by atoms with E-state index >= 15 is 0 Å². The van der Waals surface area contributed by atoms with Gasteiger partial charge >= 0.3 is 0 Å². The van der Waals surface area contributed by atoms with Crippen LogP contribution in [0.3, 0.4) is 0 Å². The van der Waals surface area contributed by atoms with Gasteiger partial charge in [-0.3, -0.25) is 0 Å². The second kappa shape index (κ2) is 2.82. The molecule has 0 amide bonds. The fourth-order valence-electron chi connectivity index (χ4n) is 1.87. The van der Waals surface area contributed by atoms with Gasteiger partial charge < -0.3 is 4.98 Å². The molecule has 0 saturated heterocycles. The van der Waals surface area contributed by atoms with Crippen LogP contribution in [0.15, 0.2) is 36.5 Å². The summed E-state index contributed by atoms with van der Waals surface area (Å²) in [6.45, 7) is 0. The van der Waals surface area contributed by atoms with Crippen molar-refractivity contribution in [2.45, 2.75) is 0 Å². The molecule has 1 N–H and O–H groups in total. The first-order valence-electron chi connectivity index (χ1n) is 4.65. The van der Waals surface area contributed by atoms with Gasteiger partial charge in [-0.25, -0.2) is 4.98 Å². The van der Waals surface area contributed by atoms with Crippen molar-refractivity contribution in [1.29, 1.82) is 5.26 Å². The number of nitrogens with zero attached hydrogens (tertiary/aromatic N) is 2. The van der Waals surface area contributed by atoms with Gasteiger partial charge in [0.05, 0.1) is 11.6 Å². The van der Waals surface area contributed by atoms with E-state index in [4.69, 9.17) is 5.26 Å². The molecule has 3 nitrogen and oxygen atoms in total. The molecule has 0 fully saturated rings. The maximum Gasteiger partial charge on any atom is 0.138 e. The highest BCUT2D eigenvalue weighted by Gasteiger charge is 2.07. The highest BCUT2D eigenvalue weighted by atomic mass is 14.8. The predicted molar refractivity (Wildman–Crippen MR) is 58.3 cm³/mol. The number of aromatic amines is 1. The van der Waals surface area contributed by atoms with E-state index in [9.17, 15) is 0 Å². The van der Waals surface area contributed by atoms with E-state index in [1.165, 1.54) is 0 Å². The zero-order chi connectivity index (χ0) is 10.3. The lowest BCUT2D eigenvalue weighted by Crippen LogP contribution is -1.75. The third kappa shape index (κ3) is 1.02. The molecule has 0 aliphatic rings. The summed E-state index contributed by atoms with van der Waals surface area (Å²) in [5.74, 6) is 0. The summed E-state index contributed by atoms with van der Waals surface area (Å²) in [5.41, 5.74) is 2.48. The Morgan fingerprint density at radius 3 is 3.00 bits per heavy atom. The number of H-pyrrole nitrogens is 1. The smallest absolute Gasteiger partial charge is 0.138 e. The standard InChI is InChI=1S/C12H7N3/c13-7-8-3-1-5-10-11(8)9-4-2-6-14-12(9)15-10/h1-6H,(H,14,15). The van der Waals surface area contributed by atoms with E-state index in [0.717, 1.165) is 21.9 Å².